The van der Waals surface area contributed by atoms with E-state index in [2.05, 4.69) is 20.7 Å². The van der Waals surface area contributed by atoms with E-state index in [1.54, 1.807) is 0 Å². The molecule has 1 aliphatic rings. The molecule has 0 unspecified atom stereocenters. The van der Waals surface area contributed by atoms with Crippen molar-refractivity contribution in [2.45, 2.75) is 39.7 Å². The number of nitrogens with one attached hydrogen (secondary N) is 2. The van der Waals surface area contributed by atoms with Crippen LogP contribution >= 0.6 is 0 Å². The first-order valence-corrected chi connectivity index (χ1v) is 7.61. The van der Waals surface area contributed by atoms with Gasteiger partial charge in [-0.15, -0.1) is 0 Å². The number of benzene rings is 1. The number of amides is 2. The van der Waals surface area contributed by atoms with Crippen molar-refractivity contribution in [3.63, 3.8) is 0 Å². The van der Waals surface area contributed by atoms with Gasteiger partial charge in [0.1, 0.15) is 6.04 Å². The maximum atomic E-state index is 12.2. The molecule has 3 rings (SSSR count). The van der Waals surface area contributed by atoms with Gasteiger partial charge in [-0.3, -0.25) is 14.9 Å². The molecule has 2 aromatic rings. The summed E-state index contributed by atoms with van der Waals surface area (Å²) in [4.78, 5) is 28.4. The van der Waals surface area contributed by atoms with Crippen LogP contribution in [0.4, 0.5) is 11.6 Å². The van der Waals surface area contributed by atoms with Crippen LogP contribution in [0.2, 0.25) is 0 Å². The van der Waals surface area contributed by atoms with E-state index in [0.717, 1.165) is 16.8 Å². The third-order valence-corrected chi connectivity index (χ3v) is 3.99. The fourth-order valence-corrected chi connectivity index (χ4v) is 2.51. The molecule has 120 valence electrons. The highest BCUT2D eigenvalue weighted by molar-refractivity contribution is 6.00. The maximum Gasteiger partial charge on any atom is 0.252 e. The SMILES string of the molecule is CCc1nc2n(n1)[C@H](CC(=O)Nc1ccc(C)c(C)c1)C(=O)N2. The fourth-order valence-electron chi connectivity index (χ4n) is 2.51. The number of aryl methyl sites for hydroxylation is 3. The smallest absolute Gasteiger partial charge is 0.252 e. The summed E-state index contributed by atoms with van der Waals surface area (Å²) >= 11 is 0. The van der Waals surface area contributed by atoms with Crippen molar-refractivity contribution < 1.29 is 9.59 Å². The van der Waals surface area contributed by atoms with Gasteiger partial charge in [-0.1, -0.05) is 13.0 Å². The largest absolute Gasteiger partial charge is 0.326 e. The van der Waals surface area contributed by atoms with Crippen molar-refractivity contribution in [1.29, 1.82) is 0 Å². The molecule has 0 saturated carbocycles. The lowest BCUT2D eigenvalue weighted by molar-refractivity contribution is -0.123. The highest BCUT2D eigenvalue weighted by Crippen LogP contribution is 2.25. The Balaban J connectivity index is 1.71. The number of carbonyl (C=O) groups excluding carboxylic acids is 2. The van der Waals surface area contributed by atoms with Gasteiger partial charge in [-0.25, -0.2) is 4.68 Å². The number of hydrogen-bond donors (Lipinski definition) is 2. The molecule has 1 aromatic heterocycles. The molecule has 0 saturated heterocycles. The molecule has 2 amide bonds. The summed E-state index contributed by atoms with van der Waals surface area (Å²) < 4.78 is 1.50. The number of fused-ring (bicyclic) bond motifs is 1. The van der Waals surface area contributed by atoms with Gasteiger partial charge in [0.25, 0.3) is 5.91 Å². The highest BCUT2D eigenvalue weighted by atomic mass is 16.2. The maximum absolute atomic E-state index is 12.2. The van der Waals surface area contributed by atoms with Gasteiger partial charge in [0.15, 0.2) is 5.82 Å². The molecule has 1 aliphatic heterocycles. The number of nitrogens with zero attached hydrogens (tertiary/aromatic N) is 3. The van der Waals surface area contributed by atoms with Crippen LogP contribution in [0.1, 0.15) is 36.3 Å². The molecule has 7 heteroatoms. The Morgan fingerprint density at radius 1 is 1.35 bits per heavy atom. The van der Waals surface area contributed by atoms with Crippen LogP contribution < -0.4 is 10.6 Å². The molecule has 0 spiro atoms. The van der Waals surface area contributed by atoms with Crippen LogP contribution in [0.5, 0.6) is 0 Å². The second-order valence-electron chi connectivity index (χ2n) is 5.71. The first-order valence-electron chi connectivity index (χ1n) is 7.61. The van der Waals surface area contributed by atoms with Crippen molar-refractivity contribution >= 4 is 23.5 Å². The van der Waals surface area contributed by atoms with E-state index >= 15 is 0 Å². The molecule has 0 aliphatic carbocycles. The molecule has 0 radical (unpaired) electrons. The zero-order valence-electron chi connectivity index (χ0n) is 13.4. The van der Waals surface area contributed by atoms with Crippen molar-refractivity contribution in [1.82, 2.24) is 14.8 Å². The first kappa shape index (κ1) is 15.2. The monoisotopic (exact) mass is 313 g/mol. The quantitative estimate of drug-likeness (QED) is 0.903. The Bertz CT molecular complexity index is 781. The van der Waals surface area contributed by atoms with Gasteiger partial charge < -0.3 is 5.32 Å². The summed E-state index contributed by atoms with van der Waals surface area (Å²) in [6, 6.07) is 5.07. The van der Waals surface area contributed by atoms with Gasteiger partial charge in [0, 0.05) is 12.1 Å². The Morgan fingerprint density at radius 3 is 2.83 bits per heavy atom. The van der Waals surface area contributed by atoms with E-state index in [9.17, 15) is 9.59 Å². The Hall–Kier alpha value is -2.70. The minimum absolute atomic E-state index is 0.0261. The van der Waals surface area contributed by atoms with Crippen molar-refractivity contribution in [2.75, 3.05) is 10.6 Å². The fraction of sp³-hybridized carbons (Fsp3) is 0.375. The molecule has 2 N–H and O–H groups in total. The summed E-state index contributed by atoms with van der Waals surface area (Å²) in [6.07, 6.45) is 0.704. The summed E-state index contributed by atoms with van der Waals surface area (Å²) in [7, 11) is 0. The zero-order chi connectivity index (χ0) is 16.6. The summed E-state index contributed by atoms with van der Waals surface area (Å²) in [5.41, 5.74) is 3.00. The summed E-state index contributed by atoms with van der Waals surface area (Å²) in [6.45, 7) is 5.94. The molecular weight excluding hydrogens is 294 g/mol. The standard InChI is InChI=1S/C16H19N5O2/c1-4-13-18-16-19-15(23)12(21(16)20-13)8-14(22)17-11-6-5-9(2)10(3)7-11/h5-7,12H,4,8H2,1-3H3,(H,17,22)(H,18,19,20,23)/t12-/m1/s1. The molecule has 1 aromatic carbocycles. The Labute approximate surface area is 134 Å². The third kappa shape index (κ3) is 2.94. The van der Waals surface area contributed by atoms with Gasteiger partial charge >= 0.3 is 0 Å². The van der Waals surface area contributed by atoms with Crippen molar-refractivity contribution in [3.05, 3.63) is 35.2 Å². The van der Waals surface area contributed by atoms with Gasteiger partial charge in [0.2, 0.25) is 11.9 Å². The molecule has 1 atom stereocenters. The number of hydrogen-bond acceptors (Lipinski definition) is 4. The number of aromatic nitrogens is 3. The third-order valence-electron chi connectivity index (χ3n) is 3.99. The van der Waals surface area contributed by atoms with Gasteiger partial charge in [0.05, 0.1) is 6.42 Å². The normalized spacial score (nSPS) is 16.1. The Kier molecular flexibility index (Phi) is 3.85. The van der Waals surface area contributed by atoms with Crippen molar-refractivity contribution in [3.8, 4) is 0 Å². The lowest BCUT2D eigenvalue weighted by Gasteiger charge is -2.11. The van der Waals surface area contributed by atoms with E-state index in [-0.39, 0.29) is 18.2 Å². The molecule has 23 heavy (non-hydrogen) atoms. The zero-order valence-corrected chi connectivity index (χ0v) is 13.4. The summed E-state index contributed by atoms with van der Waals surface area (Å²) in [5.74, 6) is 0.586. The molecule has 0 fully saturated rings. The van der Waals surface area contributed by atoms with E-state index in [4.69, 9.17) is 0 Å². The topological polar surface area (TPSA) is 88.9 Å². The van der Waals surface area contributed by atoms with Crippen LogP contribution in [-0.4, -0.2) is 26.6 Å². The van der Waals surface area contributed by atoms with Gasteiger partial charge in [-0.2, -0.15) is 10.1 Å². The van der Waals surface area contributed by atoms with Crippen LogP contribution in [-0.2, 0) is 16.0 Å². The predicted molar refractivity (Wildman–Crippen MR) is 86.2 cm³/mol. The lowest BCUT2D eigenvalue weighted by Crippen LogP contribution is -2.24. The number of anilines is 2. The lowest BCUT2D eigenvalue weighted by atomic mass is 10.1. The van der Waals surface area contributed by atoms with Crippen LogP contribution in [0.15, 0.2) is 18.2 Å². The molecule has 2 heterocycles. The van der Waals surface area contributed by atoms with Crippen LogP contribution in [0.3, 0.4) is 0 Å². The van der Waals surface area contributed by atoms with E-state index in [0.29, 0.717) is 18.2 Å². The van der Waals surface area contributed by atoms with E-state index < -0.39 is 6.04 Å². The predicted octanol–water partition coefficient (Wildman–Crippen LogP) is 1.98. The van der Waals surface area contributed by atoms with Crippen LogP contribution in [0.25, 0.3) is 0 Å². The number of carbonyl (C=O) groups is 2. The minimum Gasteiger partial charge on any atom is -0.326 e. The second kappa shape index (κ2) is 5.83. The molecular formula is C16H19N5O2. The average Bonchev–Trinajstić information content (AvgIpc) is 3.02. The second-order valence-corrected chi connectivity index (χ2v) is 5.71. The van der Waals surface area contributed by atoms with E-state index in [1.165, 1.54) is 4.68 Å². The average molecular weight is 313 g/mol. The van der Waals surface area contributed by atoms with Gasteiger partial charge in [-0.05, 0) is 37.1 Å². The highest BCUT2D eigenvalue weighted by Gasteiger charge is 2.34. The minimum atomic E-state index is -0.649. The summed E-state index contributed by atoms with van der Waals surface area (Å²) in [5, 5.41) is 9.76. The Morgan fingerprint density at radius 2 is 2.13 bits per heavy atom. The van der Waals surface area contributed by atoms with Crippen molar-refractivity contribution in [2.24, 2.45) is 0 Å². The van der Waals surface area contributed by atoms with E-state index in [1.807, 2.05) is 39.0 Å². The molecule has 0 bridgehead atoms. The number of rotatable bonds is 4. The van der Waals surface area contributed by atoms with Crippen LogP contribution in [0, 0.1) is 13.8 Å². The first-order chi connectivity index (χ1) is 11.0. The molecule has 7 nitrogen and oxygen atoms in total.